The van der Waals surface area contributed by atoms with Crippen molar-refractivity contribution >= 4 is 29.0 Å². The van der Waals surface area contributed by atoms with Crippen LogP contribution >= 0.6 is 0 Å². The fourth-order valence-electron chi connectivity index (χ4n) is 3.57. The number of piperazine rings is 1. The third-order valence-electron chi connectivity index (χ3n) is 5.10. The van der Waals surface area contributed by atoms with Crippen LogP contribution in [0.4, 0.5) is 21.9 Å². The number of nitrogens with zero attached hydrogens (tertiary/aromatic N) is 4. The standard InChI is InChI=1S/C20H23N5O2/c26-19-2-1-11-25(19)18-5-3-16(4-6-18)22-20(27)24-14-12-23(13-15-24)17-7-9-21-10-8-17/h3-10H,1-2,11-15H2,(H,22,27). The molecule has 0 bridgehead atoms. The molecule has 4 rings (SSSR count). The van der Waals surface area contributed by atoms with E-state index in [0.717, 1.165) is 43.1 Å². The van der Waals surface area contributed by atoms with Crippen LogP contribution in [0.3, 0.4) is 0 Å². The maximum Gasteiger partial charge on any atom is 0.321 e. The molecule has 0 radical (unpaired) electrons. The van der Waals surface area contributed by atoms with Crippen molar-refractivity contribution in [1.82, 2.24) is 9.88 Å². The summed E-state index contributed by atoms with van der Waals surface area (Å²) in [6, 6.07) is 11.4. The molecule has 2 fully saturated rings. The molecule has 0 saturated carbocycles. The summed E-state index contributed by atoms with van der Waals surface area (Å²) in [5.74, 6) is 0.166. The van der Waals surface area contributed by atoms with E-state index in [0.29, 0.717) is 19.5 Å². The number of pyridine rings is 1. The number of hydrogen-bond acceptors (Lipinski definition) is 4. The van der Waals surface area contributed by atoms with Gasteiger partial charge in [0.25, 0.3) is 0 Å². The molecule has 2 aliphatic rings. The second-order valence-electron chi connectivity index (χ2n) is 6.81. The van der Waals surface area contributed by atoms with Crippen molar-refractivity contribution in [1.29, 1.82) is 0 Å². The van der Waals surface area contributed by atoms with Crippen LogP contribution in [0.5, 0.6) is 0 Å². The van der Waals surface area contributed by atoms with Crippen molar-refractivity contribution in [2.45, 2.75) is 12.8 Å². The van der Waals surface area contributed by atoms with Crippen molar-refractivity contribution in [3.63, 3.8) is 0 Å². The van der Waals surface area contributed by atoms with Gasteiger partial charge in [-0.1, -0.05) is 0 Å². The van der Waals surface area contributed by atoms with Gasteiger partial charge in [-0.15, -0.1) is 0 Å². The van der Waals surface area contributed by atoms with Crippen LogP contribution in [0.15, 0.2) is 48.8 Å². The van der Waals surface area contributed by atoms with Crippen LogP contribution < -0.4 is 15.1 Å². The molecular formula is C20H23N5O2. The predicted octanol–water partition coefficient (Wildman–Crippen LogP) is 2.56. The largest absolute Gasteiger partial charge is 0.368 e. The molecule has 1 aromatic heterocycles. The molecule has 2 aromatic rings. The van der Waals surface area contributed by atoms with E-state index in [2.05, 4.69) is 15.2 Å². The summed E-state index contributed by atoms with van der Waals surface area (Å²) in [5, 5.41) is 2.95. The fraction of sp³-hybridized carbons (Fsp3) is 0.350. The Morgan fingerprint density at radius 2 is 1.59 bits per heavy atom. The van der Waals surface area contributed by atoms with Crippen LogP contribution in [0.25, 0.3) is 0 Å². The lowest BCUT2D eigenvalue weighted by molar-refractivity contribution is -0.117. The Kier molecular flexibility index (Phi) is 4.91. The summed E-state index contributed by atoms with van der Waals surface area (Å²) < 4.78 is 0. The number of nitrogens with one attached hydrogen (secondary N) is 1. The van der Waals surface area contributed by atoms with Crippen LogP contribution in [0.2, 0.25) is 0 Å². The van der Waals surface area contributed by atoms with Crippen LogP contribution in [-0.2, 0) is 4.79 Å². The van der Waals surface area contributed by atoms with Gasteiger partial charge in [0, 0.05) is 68.6 Å². The lowest BCUT2D eigenvalue weighted by Crippen LogP contribution is -2.50. The van der Waals surface area contributed by atoms with Gasteiger partial charge in [-0.3, -0.25) is 9.78 Å². The van der Waals surface area contributed by atoms with E-state index in [9.17, 15) is 9.59 Å². The molecule has 140 valence electrons. The summed E-state index contributed by atoms with van der Waals surface area (Å²) in [7, 11) is 0. The first-order valence-corrected chi connectivity index (χ1v) is 9.32. The highest BCUT2D eigenvalue weighted by Crippen LogP contribution is 2.23. The van der Waals surface area contributed by atoms with E-state index >= 15 is 0 Å². The van der Waals surface area contributed by atoms with E-state index < -0.39 is 0 Å². The van der Waals surface area contributed by atoms with Crippen molar-refractivity contribution in [2.24, 2.45) is 0 Å². The first-order chi connectivity index (χ1) is 13.2. The molecule has 0 aliphatic carbocycles. The Morgan fingerprint density at radius 3 is 2.22 bits per heavy atom. The summed E-state index contributed by atoms with van der Waals surface area (Å²) >= 11 is 0. The summed E-state index contributed by atoms with van der Waals surface area (Å²) in [6.45, 7) is 3.72. The van der Waals surface area contributed by atoms with Gasteiger partial charge in [-0.25, -0.2) is 4.79 Å². The Labute approximate surface area is 158 Å². The number of anilines is 3. The van der Waals surface area contributed by atoms with Crippen LogP contribution in [0, 0.1) is 0 Å². The molecule has 3 heterocycles. The summed E-state index contributed by atoms with van der Waals surface area (Å²) in [6.07, 6.45) is 5.09. The molecule has 3 amide bonds. The van der Waals surface area contributed by atoms with Gasteiger partial charge < -0.3 is 20.0 Å². The second kappa shape index (κ2) is 7.65. The number of carbonyl (C=O) groups is 2. The van der Waals surface area contributed by atoms with Crippen molar-refractivity contribution in [3.8, 4) is 0 Å². The smallest absolute Gasteiger partial charge is 0.321 e. The Morgan fingerprint density at radius 1 is 0.889 bits per heavy atom. The Bertz CT molecular complexity index is 801. The molecular weight excluding hydrogens is 342 g/mol. The van der Waals surface area contributed by atoms with Gasteiger partial charge in [0.15, 0.2) is 0 Å². The first-order valence-electron chi connectivity index (χ1n) is 9.32. The lowest BCUT2D eigenvalue weighted by Gasteiger charge is -2.36. The molecule has 7 nitrogen and oxygen atoms in total. The molecule has 0 spiro atoms. The molecule has 2 saturated heterocycles. The predicted molar refractivity (Wildman–Crippen MR) is 105 cm³/mol. The molecule has 7 heteroatoms. The highest BCUT2D eigenvalue weighted by molar-refractivity contribution is 5.96. The first kappa shape index (κ1) is 17.3. The average Bonchev–Trinajstić information content (AvgIpc) is 3.15. The van der Waals surface area contributed by atoms with E-state index in [1.54, 1.807) is 17.3 Å². The summed E-state index contributed by atoms with van der Waals surface area (Å²) in [5.41, 5.74) is 2.77. The fourth-order valence-corrected chi connectivity index (χ4v) is 3.57. The van der Waals surface area contributed by atoms with Gasteiger partial charge in [-0.2, -0.15) is 0 Å². The van der Waals surface area contributed by atoms with E-state index in [-0.39, 0.29) is 11.9 Å². The van der Waals surface area contributed by atoms with E-state index in [1.165, 1.54) is 0 Å². The zero-order valence-electron chi connectivity index (χ0n) is 15.2. The minimum absolute atomic E-state index is 0.0885. The SMILES string of the molecule is O=C(Nc1ccc(N2CCCC2=O)cc1)N1CCN(c2ccncc2)CC1. The lowest BCUT2D eigenvalue weighted by atomic mass is 10.2. The zero-order valence-corrected chi connectivity index (χ0v) is 15.2. The molecule has 0 atom stereocenters. The van der Waals surface area contributed by atoms with Gasteiger partial charge in [0.05, 0.1) is 0 Å². The number of benzene rings is 1. The third kappa shape index (κ3) is 3.86. The highest BCUT2D eigenvalue weighted by Gasteiger charge is 2.23. The molecule has 27 heavy (non-hydrogen) atoms. The monoisotopic (exact) mass is 365 g/mol. The van der Waals surface area contributed by atoms with Crippen molar-refractivity contribution < 1.29 is 9.59 Å². The maximum absolute atomic E-state index is 12.5. The maximum atomic E-state index is 12.5. The van der Waals surface area contributed by atoms with E-state index in [4.69, 9.17) is 0 Å². The Hall–Kier alpha value is -3.09. The Balaban J connectivity index is 1.31. The number of rotatable bonds is 3. The van der Waals surface area contributed by atoms with Crippen molar-refractivity contribution in [2.75, 3.05) is 47.8 Å². The van der Waals surface area contributed by atoms with Crippen LogP contribution in [0.1, 0.15) is 12.8 Å². The van der Waals surface area contributed by atoms with Crippen molar-refractivity contribution in [3.05, 3.63) is 48.8 Å². The summed E-state index contributed by atoms with van der Waals surface area (Å²) in [4.78, 5) is 34.3. The van der Waals surface area contributed by atoms with E-state index in [1.807, 2.05) is 41.3 Å². The van der Waals surface area contributed by atoms with Crippen LogP contribution in [-0.4, -0.2) is 54.5 Å². The number of amides is 3. The topological polar surface area (TPSA) is 68.8 Å². The normalized spacial score (nSPS) is 17.3. The minimum atomic E-state index is -0.0885. The van der Waals surface area contributed by atoms with Gasteiger partial charge in [0.1, 0.15) is 0 Å². The number of hydrogen-bond donors (Lipinski definition) is 1. The molecule has 1 aromatic carbocycles. The van der Waals surface area contributed by atoms with Gasteiger partial charge in [0.2, 0.25) is 5.91 Å². The van der Waals surface area contributed by atoms with Gasteiger partial charge in [-0.05, 0) is 42.8 Å². The molecule has 1 N–H and O–H groups in total. The third-order valence-corrected chi connectivity index (χ3v) is 5.10. The number of urea groups is 1. The highest BCUT2D eigenvalue weighted by atomic mass is 16.2. The average molecular weight is 365 g/mol. The number of carbonyl (C=O) groups excluding carboxylic acids is 2. The zero-order chi connectivity index (χ0) is 18.6. The molecule has 0 unspecified atom stereocenters. The number of aromatic nitrogens is 1. The minimum Gasteiger partial charge on any atom is -0.368 e. The second-order valence-corrected chi connectivity index (χ2v) is 6.81. The quantitative estimate of drug-likeness (QED) is 0.908. The molecule has 2 aliphatic heterocycles. The van der Waals surface area contributed by atoms with Gasteiger partial charge >= 0.3 is 6.03 Å².